The Bertz CT molecular complexity index is 1860. The van der Waals surface area contributed by atoms with Crippen LogP contribution in [0.5, 0.6) is 0 Å². The van der Waals surface area contributed by atoms with E-state index in [0.717, 1.165) is 116 Å². The number of likely N-dealkylation sites (N-methyl/N-ethyl adjacent to an activating group) is 1. The van der Waals surface area contributed by atoms with Crippen molar-refractivity contribution >= 4 is 19.8 Å². The first kappa shape index (κ1) is 75.9. The maximum atomic E-state index is 12.8. The lowest BCUT2D eigenvalue weighted by molar-refractivity contribution is -0.870. The van der Waals surface area contributed by atoms with Crippen LogP contribution in [0.2, 0.25) is 0 Å². The summed E-state index contributed by atoms with van der Waals surface area (Å²) in [6.45, 7) is 4.15. The lowest BCUT2D eigenvalue weighted by Crippen LogP contribution is -2.37. The minimum atomic E-state index is -4.40. The van der Waals surface area contributed by atoms with Gasteiger partial charge in [0.25, 0.3) is 0 Å². The first-order chi connectivity index (χ1) is 39.0. The molecule has 0 aromatic heterocycles. The van der Waals surface area contributed by atoms with Crippen molar-refractivity contribution in [3.8, 4) is 0 Å². The number of nitrogens with zero attached hydrogens (tertiary/aromatic N) is 1. The summed E-state index contributed by atoms with van der Waals surface area (Å²) in [7, 11) is 1.44. The number of carbonyl (C=O) groups excluding carboxylic acids is 2. The molecule has 0 saturated heterocycles. The van der Waals surface area contributed by atoms with Gasteiger partial charge in [-0.25, -0.2) is 4.57 Å². The van der Waals surface area contributed by atoms with Crippen molar-refractivity contribution in [2.24, 2.45) is 0 Å². The highest BCUT2D eigenvalue weighted by molar-refractivity contribution is 7.47. The average molecular weight is 1130 g/mol. The molecule has 0 aliphatic heterocycles. The van der Waals surface area contributed by atoms with E-state index in [-0.39, 0.29) is 26.1 Å². The molecule has 0 radical (unpaired) electrons. The fourth-order valence-corrected chi connectivity index (χ4v) is 8.82. The number of phosphoric ester groups is 1. The summed E-state index contributed by atoms with van der Waals surface area (Å²) >= 11 is 0. The van der Waals surface area contributed by atoms with Crippen LogP contribution in [0.3, 0.4) is 0 Å². The number of rotatable bonds is 56. The lowest BCUT2D eigenvalue weighted by atomic mass is 10.0. The largest absolute Gasteiger partial charge is 0.472 e. The summed E-state index contributed by atoms with van der Waals surface area (Å²) in [4.78, 5) is 35.7. The molecular weight excluding hydrogens is 1010 g/mol. The van der Waals surface area contributed by atoms with E-state index in [4.69, 9.17) is 18.5 Å². The van der Waals surface area contributed by atoms with Crippen molar-refractivity contribution in [3.05, 3.63) is 146 Å². The molecule has 0 heterocycles. The number of carbonyl (C=O) groups is 2. The average Bonchev–Trinajstić information content (AvgIpc) is 3.42. The van der Waals surface area contributed by atoms with Gasteiger partial charge >= 0.3 is 19.8 Å². The molecular formula is C70H117NO8P+. The molecule has 0 aromatic carbocycles. The van der Waals surface area contributed by atoms with Crippen LogP contribution in [0.1, 0.15) is 232 Å². The number of allylic oxidation sites excluding steroid dienone is 24. The van der Waals surface area contributed by atoms with E-state index in [1.54, 1.807) is 0 Å². The Morgan fingerprint density at radius 2 is 0.675 bits per heavy atom. The predicted octanol–water partition coefficient (Wildman–Crippen LogP) is 20.3. The van der Waals surface area contributed by atoms with Gasteiger partial charge in [-0.3, -0.25) is 18.6 Å². The minimum absolute atomic E-state index is 0.0193. The van der Waals surface area contributed by atoms with Crippen LogP contribution >= 0.6 is 7.82 Å². The van der Waals surface area contributed by atoms with Crippen molar-refractivity contribution in [2.75, 3.05) is 47.5 Å². The van der Waals surface area contributed by atoms with Crippen LogP contribution in [0.15, 0.2) is 146 Å². The second kappa shape index (κ2) is 59.5. The van der Waals surface area contributed by atoms with E-state index in [1.807, 2.05) is 21.1 Å². The van der Waals surface area contributed by atoms with Crippen LogP contribution in [0.25, 0.3) is 0 Å². The van der Waals surface area contributed by atoms with Crippen molar-refractivity contribution in [2.45, 2.75) is 238 Å². The van der Waals surface area contributed by atoms with E-state index < -0.39 is 32.5 Å². The summed E-state index contributed by atoms with van der Waals surface area (Å²) < 4.78 is 34.6. The van der Waals surface area contributed by atoms with Gasteiger partial charge in [0, 0.05) is 12.8 Å². The van der Waals surface area contributed by atoms with Crippen molar-refractivity contribution in [3.63, 3.8) is 0 Å². The quantitative estimate of drug-likeness (QED) is 0.0211. The third-order valence-corrected chi connectivity index (χ3v) is 13.8. The molecule has 0 spiro atoms. The Morgan fingerprint density at radius 3 is 1.01 bits per heavy atom. The smallest absolute Gasteiger partial charge is 0.462 e. The molecule has 2 atom stereocenters. The van der Waals surface area contributed by atoms with Gasteiger partial charge in [-0.05, 0) is 116 Å². The summed E-state index contributed by atoms with van der Waals surface area (Å²) in [6, 6.07) is 0. The number of quaternary nitrogens is 1. The predicted molar refractivity (Wildman–Crippen MR) is 343 cm³/mol. The van der Waals surface area contributed by atoms with Crippen LogP contribution in [0, 0.1) is 0 Å². The summed E-state index contributed by atoms with van der Waals surface area (Å²) in [5.74, 6) is -0.842. The SMILES string of the molecule is CC/C=C\C/C=C\C/C=C\C/C=C\C/C=C\C/C=C\C/C=C\CCCCCCCCCCCCCCCCCC(=O)OC(COC(=O)CCCCC/C=C\C/C=C\C/C=C\C/C=C\C/C=C\CC)COP(=O)(O)OCC[N+](C)(C)C. The fourth-order valence-electron chi connectivity index (χ4n) is 8.08. The third-order valence-electron chi connectivity index (χ3n) is 12.9. The molecule has 0 aliphatic rings. The third kappa shape index (κ3) is 63.1. The maximum absolute atomic E-state index is 12.8. The number of esters is 2. The highest BCUT2D eigenvalue weighted by Gasteiger charge is 2.27. The van der Waals surface area contributed by atoms with E-state index in [9.17, 15) is 19.0 Å². The zero-order valence-electron chi connectivity index (χ0n) is 51.5. The maximum Gasteiger partial charge on any atom is 0.472 e. The monoisotopic (exact) mass is 1130 g/mol. The Kier molecular flexibility index (Phi) is 56.5. The number of hydrogen-bond acceptors (Lipinski definition) is 7. The molecule has 0 saturated carbocycles. The topological polar surface area (TPSA) is 108 Å². The van der Waals surface area contributed by atoms with Crippen LogP contribution in [-0.2, 0) is 32.7 Å². The van der Waals surface area contributed by atoms with Gasteiger partial charge in [-0.15, -0.1) is 0 Å². The Hall–Kier alpha value is -4.11. The van der Waals surface area contributed by atoms with Gasteiger partial charge in [-0.1, -0.05) is 250 Å². The van der Waals surface area contributed by atoms with Crippen molar-refractivity contribution in [1.82, 2.24) is 0 Å². The highest BCUT2D eigenvalue weighted by atomic mass is 31.2. The second-order valence-corrected chi connectivity index (χ2v) is 23.1. The normalized spacial score (nSPS) is 14.2. The van der Waals surface area contributed by atoms with Gasteiger partial charge in [0.2, 0.25) is 0 Å². The summed E-state index contributed by atoms with van der Waals surface area (Å²) in [6.07, 6.45) is 87.9. The Labute approximate surface area is 491 Å². The number of ether oxygens (including phenoxy) is 2. The molecule has 10 heteroatoms. The summed E-state index contributed by atoms with van der Waals surface area (Å²) in [5.41, 5.74) is 0. The zero-order chi connectivity index (χ0) is 58.4. The van der Waals surface area contributed by atoms with Gasteiger partial charge in [-0.2, -0.15) is 0 Å². The Morgan fingerprint density at radius 1 is 0.388 bits per heavy atom. The Balaban J connectivity index is 4.11. The fraction of sp³-hybridized carbons (Fsp3) is 0.629. The van der Waals surface area contributed by atoms with Crippen LogP contribution in [-0.4, -0.2) is 74.9 Å². The van der Waals surface area contributed by atoms with Gasteiger partial charge in [0.1, 0.15) is 19.8 Å². The molecule has 0 aliphatic carbocycles. The summed E-state index contributed by atoms with van der Waals surface area (Å²) in [5, 5.41) is 0. The van der Waals surface area contributed by atoms with Crippen LogP contribution in [0.4, 0.5) is 0 Å². The molecule has 9 nitrogen and oxygen atoms in total. The second-order valence-electron chi connectivity index (χ2n) is 21.7. The minimum Gasteiger partial charge on any atom is -0.462 e. The molecule has 0 fully saturated rings. The molecule has 2 unspecified atom stereocenters. The lowest BCUT2D eigenvalue weighted by Gasteiger charge is -2.24. The molecule has 0 bridgehead atoms. The van der Waals surface area contributed by atoms with Gasteiger partial charge in [0.05, 0.1) is 27.7 Å². The highest BCUT2D eigenvalue weighted by Crippen LogP contribution is 2.43. The van der Waals surface area contributed by atoms with E-state index >= 15 is 0 Å². The first-order valence-corrected chi connectivity index (χ1v) is 33.1. The zero-order valence-corrected chi connectivity index (χ0v) is 52.4. The number of hydrogen-bond donors (Lipinski definition) is 1. The van der Waals surface area contributed by atoms with E-state index in [1.165, 1.54) is 77.0 Å². The number of phosphoric acid groups is 1. The molecule has 80 heavy (non-hydrogen) atoms. The van der Waals surface area contributed by atoms with Crippen LogP contribution < -0.4 is 0 Å². The van der Waals surface area contributed by atoms with E-state index in [0.29, 0.717) is 23.9 Å². The number of unbranched alkanes of at least 4 members (excludes halogenated alkanes) is 18. The molecule has 454 valence electrons. The van der Waals surface area contributed by atoms with Gasteiger partial charge in [0.15, 0.2) is 6.10 Å². The van der Waals surface area contributed by atoms with E-state index in [2.05, 4.69) is 160 Å². The molecule has 0 rings (SSSR count). The first-order valence-electron chi connectivity index (χ1n) is 31.6. The van der Waals surface area contributed by atoms with Crippen molar-refractivity contribution < 1.29 is 42.1 Å². The molecule has 0 amide bonds. The standard InChI is InChI=1S/C70H116NO8P/c1-6-8-10-12-14-16-18-20-22-24-26-27-28-29-30-31-32-33-34-35-36-37-38-39-40-41-42-43-45-47-49-51-53-55-57-59-61-63-70(73)79-68(67-78-80(74,75)77-65-64-71(3,4)5)66-76-69(72)62-60-58-56-54-52-50-48-46-44-25-23-21-19-17-15-13-11-9-7-2/h8-11,14-17,20-23,26-27,29-30,32-33,35-36,44,46,50,52,68H,6-7,12-13,18-19,24-25,28,31,34,37-43,45,47-49,51,53-67H2,1-5H3/p+1/b10-8-,11-9-,16-14-,17-15-,22-20-,23-21-,27-26-,30-29-,33-32-,36-35-,46-44-,52-50-. The molecule has 0 aromatic rings. The van der Waals surface area contributed by atoms with Gasteiger partial charge < -0.3 is 18.9 Å². The van der Waals surface area contributed by atoms with Crippen molar-refractivity contribution in [1.29, 1.82) is 0 Å². The molecule has 1 N–H and O–H groups in total.